The highest BCUT2D eigenvalue weighted by Gasteiger charge is 2.27. The average Bonchev–Trinajstić information content (AvgIpc) is 2.84. The van der Waals surface area contributed by atoms with Crippen molar-refractivity contribution in [1.29, 1.82) is 0 Å². The molecule has 1 aromatic heterocycles. The van der Waals surface area contributed by atoms with Gasteiger partial charge in [0.25, 0.3) is 0 Å². The van der Waals surface area contributed by atoms with Crippen LogP contribution in [0.4, 0.5) is 0 Å². The van der Waals surface area contributed by atoms with Gasteiger partial charge in [-0.3, -0.25) is 4.79 Å². The molecule has 4 heteroatoms. The van der Waals surface area contributed by atoms with E-state index in [1.807, 2.05) is 36.9 Å². The lowest BCUT2D eigenvalue weighted by Crippen LogP contribution is -2.45. The van der Waals surface area contributed by atoms with Gasteiger partial charge in [0.1, 0.15) is 5.58 Å². The van der Waals surface area contributed by atoms with Crippen LogP contribution in [0.1, 0.15) is 24.5 Å². The van der Waals surface area contributed by atoms with Gasteiger partial charge in [-0.15, -0.1) is 0 Å². The lowest BCUT2D eigenvalue weighted by atomic mass is 9.96. The minimum Gasteiger partial charge on any atom is -0.464 e. The van der Waals surface area contributed by atoms with Gasteiger partial charge in [0, 0.05) is 24.0 Å². The topological polar surface area (TPSA) is 53.7 Å². The molecule has 0 saturated carbocycles. The van der Waals surface area contributed by atoms with E-state index in [2.05, 4.69) is 0 Å². The van der Waals surface area contributed by atoms with Gasteiger partial charge in [-0.25, -0.2) is 0 Å². The van der Waals surface area contributed by atoms with Crippen LogP contribution in [0.25, 0.3) is 11.0 Å². The van der Waals surface area contributed by atoms with Gasteiger partial charge in [0.2, 0.25) is 5.91 Å². The number of nitrogens with zero attached hydrogens (tertiary/aromatic N) is 1. The Morgan fingerprint density at radius 3 is 3.05 bits per heavy atom. The number of hydrogen-bond acceptors (Lipinski definition) is 3. The number of benzene rings is 1. The number of amides is 1. The van der Waals surface area contributed by atoms with Gasteiger partial charge < -0.3 is 14.4 Å². The molecule has 1 aromatic carbocycles. The van der Waals surface area contributed by atoms with Crippen LogP contribution in [0.5, 0.6) is 0 Å². The summed E-state index contributed by atoms with van der Waals surface area (Å²) in [6.45, 7) is 5.28. The van der Waals surface area contributed by atoms with Crippen molar-refractivity contribution in [1.82, 2.24) is 4.90 Å². The minimum atomic E-state index is -0.285. The molecule has 2 unspecified atom stereocenters. The maximum atomic E-state index is 12.4. The van der Waals surface area contributed by atoms with Gasteiger partial charge in [0.05, 0.1) is 18.8 Å². The number of likely N-dealkylation sites (tertiary alicyclic amines) is 1. The second-order valence-electron chi connectivity index (χ2n) is 6.11. The van der Waals surface area contributed by atoms with Crippen LogP contribution in [-0.4, -0.2) is 35.1 Å². The third-order valence-corrected chi connectivity index (χ3v) is 4.37. The van der Waals surface area contributed by atoms with E-state index in [4.69, 9.17) is 4.42 Å². The summed E-state index contributed by atoms with van der Waals surface area (Å²) < 4.78 is 5.55. The molecule has 0 bridgehead atoms. The molecule has 0 spiro atoms. The predicted molar refractivity (Wildman–Crippen MR) is 81.0 cm³/mol. The number of aliphatic hydroxyl groups excluding tert-OH is 1. The Balaban J connectivity index is 1.74. The zero-order valence-corrected chi connectivity index (χ0v) is 12.5. The van der Waals surface area contributed by atoms with E-state index >= 15 is 0 Å². The average molecular weight is 287 g/mol. The van der Waals surface area contributed by atoms with E-state index in [1.165, 1.54) is 0 Å². The van der Waals surface area contributed by atoms with E-state index in [0.29, 0.717) is 25.9 Å². The Morgan fingerprint density at radius 2 is 2.29 bits per heavy atom. The van der Waals surface area contributed by atoms with E-state index in [1.54, 1.807) is 6.26 Å². The van der Waals surface area contributed by atoms with Crippen LogP contribution in [0.15, 0.2) is 28.9 Å². The number of aliphatic hydroxyl groups is 1. The third kappa shape index (κ3) is 2.81. The van der Waals surface area contributed by atoms with Gasteiger partial charge in [-0.2, -0.15) is 0 Å². The highest BCUT2D eigenvalue weighted by Crippen LogP contribution is 2.24. The van der Waals surface area contributed by atoms with Gasteiger partial charge in [-0.1, -0.05) is 19.1 Å². The summed E-state index contributed by atoms with van der Waals surface area (Å²) in [5, 5.41) is 10.8. The number of aryl methyl sites for hydroxylation is 1. The first-order chi connectivity index (χ1) is 10.0. The number of carbonyl (C=O) groups is 1. The number of rotatable bonds is 2. The number of piperidine rings is 1. The first kappa shape index (κ1) is 14.1. The normalized spacial score (nSPS) is 22.7. The Labute approximate surface area is 124 Å². The number of hydrogen-bond donors (Lipinski definition) is 1. The maximum Gasteiger partial charge on any atom is 0.227 e. The number of fused-ring (bicyclic) bond motifs is 1. The summed E-state index contributed by atoms with van der Waals surface area (Å²) in [5.74, 6) is 0.253. The summed E-state index contributed by atoms with van der Waals surface area (Å²) in [5.41, 5.74) is 2.92. The summed E-state index contributed by atoms with van der Waals surface area (Å²) in [6, 6.07) is 6.03. The van der Waals surface area contributed by atoms with Crippen molar-refractivity contribution in [2.75, 3.05) is 13.1 Å². The Bertz CT molecular complexity index is 661. The standard InChI is InChI=1S/C17H21NO3/c1-11-3-4-14-13(10-21-16(14)7-11)8-17(20)18-6-5-15(19)12(2)9-18/h3-4,7,10,12,15,19H,5-6,8-9H2,1-2H3. The zero-order valence-electron chi connectivity index (χ0n) is 12.5. The molecule has 112 valence electrons. The van der Waals surface area contributed by atoms with Gasteiger partial charge in [-0.05, 0) is 30.9 Å². The molecule has 21 heavy (non-hydrogen) atoms. The smallest absolute Gasteiger partial charge is 0.227 e. The van der Waals surface area contributed by atoms with E-state index in [9.17, 15) is 9.90 Å². The molecule has 0 radical (unpaired) electrons. The minimum absolute atomic E-state index is 0.108. The molecule has 1 saturated heterocycles. The molecule has 1 amide bonds. The van der Waals surface area contributed by atoms with Crippen LogP contribution in [0.2, 0.25) is 0 Å². The van der Waals surface area contributed by atoms with Crippen molar-refractivity contribution in [3.63, 3.8) is 0 Å². The molecule has 2 heterocycles. The maximum absolute atomic E-state index is 12.4. The second-order valence-corrected chi connectivity index (χ2v) is 6.11. The van der Waals surface area contributed by atoms with Gasteiger partial charge >= 0.3 is 0 Å². The van der Waals surface area contributed by atoms with E-state index in [0.717, 1.165) is 22.1 Å². The molecule has 1 N–H and O–H groups in total. The summed E-state index contributed by atoms with van der Waals surface area (Å²) >= 11 is 0. The van der Waals surface area contributed by atoms with Crippen LogP contribution < -0.4 is 0 Å². The van der Waals surface area contributed by atoms with Crippen molar-refractivity contribution in [2.45, 2.75) is 32.8 Å². The Morgan fingerprint density at radius 1 is 1.48 bits per heavy atom. The van der Waals surface area contributed by atoms with Crippen molar-refractivity contribution < 1.29 is 14.3 Å². The quantitative estimate of drug-likeness (QED) is 0.923. The number of carbonyl (C=O) groups excluding carboxylic acids is 1. The second kappa shape index (κ2) is 5.53. The number of furan rings is 1. The Kier molecular flexibility index (Phi) is 3.72. The predicted octanol–water partition coefficient (Wildman–Crippen LogP) is 2.51. The molecule has 4 nitrogen and oxygen atoms in total. The highest BCUT2D eigenvalue weighted by molar-refractivity contribution is 5.88. The molecule has 1 aliphatic rings. The van der Waals surface area contributed by atoms with Crippen molar-refractivity contribution in [2.24, 2.45) is 5.92 Å². The first-order valence-electron chi connectivity index (χ1n) is 7.47. The molecule has 0 aliphatic carbocycles. The largest absolute Gasteiger partial charge is 0.464 e. The molecule has 1 fully saturated rings. The zero-order chi connectivity index (χ0) is 15.0. The van der Waals surface area contributed by atoms with Crippen molar-refractivity contribution >= 4 is 16.9 Å². The highest BCUT2D eigenvalue weighted by atomic mass is 16.3. The van der Waals surface area contributed by atoms with E-state index < -0.39 is 0 Å². The fourth-order valence-corrected chi connectivity index (χ4v) is 2.96. The molecular formula is C17H21NO3. The fourth-order valence-electron chi connectivity index (χ4n) is 2.96. The monoisotopic (exact) mass is 287 g/mol. The SMILES string of the molecule is Cc1ccc2c(CC(=O)N3CCC(O)C(C)C3)coc2c1. The van der Waals surface area contributed by atoms with Crippen LogP contribution >= 0.6 is 0 Å². The van der Waals surface area contributed by atoms with Gasteiger partial charge in [0.15, 0.2) is 0 Å². The van der Waals surface area contributed by atoms with Crippen LogP contribution in [0, 0.1) is 12.8 Å². The first-order valence-corrected chi connectivity index (χ1v) is 7.47. The Hall–Kier alpha value is -1.81. The molecule has 1 aliphatic heterocycles. The van der Waals surface area contributed by atoms with Crippen molar-refractivity contribution in [3.05, 3.63) is 35.6 Å². The summed E-state index contributed by atoms with van der Waals surface area (Å²) in [6.07, 6.45) is 2.42. The molecule has 2 aromatic rings. The van der Waals surface area contributed by atoms with E-state index in [-0.39, 0.29) is 17.9 Å². The van der Waals surface area contributed by atoms with Crippen LogP contribution in [-0.2, 0) is 11.2 Å². The lowest BCUT2D eigenvalue weighted by molar-refractivity contribution is -0.133. The van der Waals surface area contributed by atoms with Crippen LogP contribution in [0.3, 0.4) is 0 Å². The molecular weight excluding hydrogens is 266 g/mol. The lowest BCUT2D eigenvalue weighted by Gasteiger charge is -2.34. The molecule has 3 rings (SSSR count). The summed E-state index contributed by atoms with van der Waals surface area (Å²) in [7, 11) is 0. The van der Waals surface area contributed by atoms with Crippen molar-refractivity contribution in [3.8, 4) is 0 Å². The fraction of sp³-hybridized carbons (Fsp3) is 0.471. The molecule has 2 atom stereocenters. The summed E-state index contributed by atoms with van der Waals surface area (Å²) in [4.78, 5) is 14.3. The third-order valence-electron chi connectivity index (χ3n) is 4.37.